The SMILES string of the molecule is CN(C)CCC(N)=O.Cl. The van der Waals surface area contributed by atoms with E-state index >= 15 is 0 Å². The Kier molecular flexibility index (Phi) is 7.48. The predicted octanol–water partition coefficient (Wildman–Crippen LogP) is -0.155. The van der Waals surface area contributed by atoms with Gasteiger partial charge in [-0.25, -0.2) is 0 Å². The normalized spacial score (nSPS) is 8.78. The van der Waals surface area contributed by atoms with Gasteiger partial charge in [-0.05, 0) is 14.1 Å². The molecule has 4 heteroatoms. The summed E-state index contributed by atoms with van der Waals surface area (Å²) in [5.41, 5.74) is 4.88. The predicted molar refractivity (Wildman–Crippen MR) is 39.6 cm³/mol. The summed E-state index contributed by atoms with van der Waals surface area (Å²) in [5, 5.41) is 0. The smallest absolute Gasteiger partial charge is 0.218 e. The van der Waals surface area contributed by atoms with E-state index in [0.717, 1.165) is 6.54 Å². The van der Waals surface area contributed by atoms with Crippen molar-refractivity contribution in [3.05, 3.63) is 0 Å². The average molecular weight is 153 g/mol. The molecule has 9 heavy (non-hydrogen) atoms. The van der Waals surface area contributed by atoms with Gasteiger partial charge in [0.2, 0.25) is 5.91 Å². The highest BCUT2D eigenvalue weighted by Crippen LogP contribution is 1.78. The van der Waals surface area contributed by atoms with Crippen molar-refractivity contribution in [2.45, 2.75) is 6.42 Å². The van der Waals surface area contributed by atoms with Crippen molar-refractivity contribution >= 4 is 18.3 Å². The van der Waals surface area contributed by atoms with E-state index in [1.165, 1.54) is 0 Å². The summed E-state index contributed by atoms with van der Waals surface area (Å²) in [5.74, 6) is -0.237. The Bertz CT molecular complexity index is 85.0. The molecule has 0 atom stereocenters. The number of nitrogens with zero attached hydrogens (tertiary/aromatic N) is 1. The highest BCUT2D eigenvalue weighted by molar-refractivity contribution is 5.85. The molecule has 0 aromatic heterocycles. The molecule has 0 radical (unpaired) electrons. The van der Waals surface area contributed by atoms with Gasteiger partial charge in [-0.3, -0.25) is 4.79 Å². The zero-order valence-electron chi connectivity index (χ0n) is 5.76. The molecule has 3 nitrogen and oxygen atoms in total. The number of carbonyl (C=O) groups excluding carboxylic acids is 1. The van der Waals surface area contributed by atoms with Crippen LogP contribution in [0, 0.1) is 0 Å². The van der Waals surface area contributed by atoms with Gasteiger partial charge in [0.05, 0.1) is 0 Å². The molecule has 0 aliphatic carbocycles. The van der Waals surface area contributed by atoms with Crippen LogP contribution in [0.15, 0.2) is 0 Å². The molecular weight excluding hydrogens is 140 g/mol. The van der Waals surface area contributed by atoms with Gasteiger partial charge in [0.25, 0.3) is 0 Å². The molecule has 0 aliphatic heterocycles. The third-order valence-corrected chi connectivity index (χ3v) is 0.805. The first-order valence-electron chi connectivity index (χ1n) is 2.56. The Morgan fingerprint density at radius 2 is 2.00 bits per heavy atom. The van der Waals surface area contributed by atoms with Crippen LogP contribution in [0.3, 0.4) is 0 Å². The van der Waals surface area contributed by atoms with Crippen LogP contribution in [0.25, 0.3) is 0 Å². The molecule has 0 saturated heterocycles. The quantitative estimate of drug-likeness (QED) is 0.611. The van der Waals surface area contributed by atoms with Crippen LogP contribution < -0.4 is 5.73 Å². The third kappa shape index (κ3) is 11.3. The number of halogens is 1. The van der Waals surface area contributed by atoms with E-state index in [2.05, 4.69) is 0 Å². The van der Waals surface area contributed by atoms with Crippen molar-refractivity contribution in [1.29, 1.82) is 0 Å². The lowest BCUT2D eigenvalue weighted by Gasteiger charge is -2.05. The maximum absolute atomic E-state index is 10.1. The van der Waals surface area contributed by atoms with Crippen LogP contribution in [-0.4, -0.2) is 31.4 Å². The fourth-order valence-electron chi connectivity index (χ4n) is 0.334. The first-order chi connectivity index (χ1) is 3.63. The monoisotopic (exact) mass is 152 g/mol. The number of hydrogen-bond donors (Lipinski definition) is 1. The third-order valence-electron chi connectivity index (χ3n) is 0.805. The van der Waals surface area contributed by atoms with Crippen molar-refractivity contribution in [2.75, 3.05) is 20.6 Å². The molecule has 0 bridgehead atoms. The fraction of sp³-hybridized carbons (Fsp3) is 0.800. The zero-order valence-corrected chi connectivity index (χ0v) is 6.57. The van der Waals surface area contributed by atoms with Gasteiger partial charge in [0, 0.05) is 13.0 Å². The van der Waals surface area contributed by atoms with E-state index in [1.807, 2.05) is 19.0 Å². The van der Waals surface area contributed by atoms with Crippen molar-refractivity contribution in [1.82, 2.24) is 4.90 Å². The van der Waals surface area contributed by atoms with Crippen molar-refractivity contribution < 1.29 is 4.79 Å². The van der Waals surface area contributed by atoms with Crippen LogP contribution in [0.2, 0.25) is 0 Å². The van der Waals surface area contributed by atoms with Gasteiger partial charge in [-0.2, -0.15) is 0 Å². The number of carbonyl (C=O) groups is 1. The lowest BCUT2D eigenvalue weighted by molar-refractivity contribution is -0.118. The van der Waals surface area contributed by atoms with E-state index in [4.69, 9.17) is 5.73 Å². The van der Waals surface area contributed by atoms with Crippen LogP contribution >= 0.6 is 12.4 Å². The van der Waals surface area contributed by atoms with Crippen LogP contribution in [0.5, 0.6) is 0 Å². The Morgan fingerprint density at radius 1 is 1.56 bits per heavy atom. The van der Waals surface area contributed by atoms with Gasteiger partial charge in [0.1, 0.15) is 0 Å². The summed E-state index contributed by atoms with van der Waals surface area (Å²) in [6, 6.07) is 0. The number of primary amides is 1. The second-order valence-corrected chi connectivity index (χ2v) is 2.02. The van der Waals surface area contributed by atoms with Crippen molar-refractivity contribution in [3.63, 3.8) is 0 Å². The van der Waals surface area contributed by atoms with Crippen molar-refractivity contribution in [2.24, 2.45) is 5.73 Å². The first kappa shape index (κ1) is 11.5. The Hall–Kier alpha value is -0.280. The van der Waals surface area contributed by atoms with E-state index < -0.39 is 0 Å². The van der Waals surface area contributed by atoms with Gasteiger partial charge < -0.3 is 10.6 Å². The topological polar surface area (TPSA) is 46.3 Å². The summed E-state index contributed by atoms with van der Waals surface area (Å²) >= 11 is 0. The number of rotatable bonds is 3. The molecule has 0 aromatic carbocycles. The second-order valence-electron chi connectivity index (χ2n) is 2.02. The van der Waals surface area contributed by atoms with E-state index in [0.29, 0.717) is 6.42 Å². The van der Waals surface area contributed by atoms with E-state index in [9.17, 15) is 4.79 Å². The largest absolute Gasteiger partial charge is 0.370 e. The molecule has 56 valence electrons. The lowest BCUT2D eigenvalue weighted by Crippen LogP contribution is -2.20. The number of hydrogen-bond acceptors (Lipinski definition) is 2. The van der Waals surface area contributed by atoms with Crippen LogP contribution in [-0.2, 0) is 4.79 Å². The van der Waals surface area contributed by atoms with Gasteiger partial charge in [0.15, 0.2) is 0 Å². The summed E-state index contributed by atoms with van der Waals surface area (Å²) in [6.07, 6.45) is 0.451. The molecule has 0 rings (SSSR count). The minimum atomic E-state index is -0.237. The summed E-state index contributed by atoms with van der Waals surface area (Å²) < 4.78 is 0. The molecule has 0 unspecified atom stereocenters. The average Bonchev–Trinajstić information content (AvgIpc) is 1.61. The first-order valence-corrected chi connectivity index (χ1v) is 2.56. The van der Waals surface area contributed by atoms with Crippen molar-refractivity contribution in [3.8, 4) is 0 Å². The molecule has 0 aromatic rings. The second kappa shape index (κ2) is 5.85. The van der Waals surface area contributed by atoms with Gasteiger partial charge in [-0.15, -0.1) is 12.4 Å². The zero-order chi connectivity index (χ0) is 6.57. The summed E-state index contributed by atoms with van der Waals surface area (Å²) in [4.78, 5) is 12.0. The Morgan fingerprint density at radius 3 is 2.11 bits per heavy atom. The summed E-state index contributed by atoms with van der Waals surface area (Å²) in [6.45, 7) is 0.745. The molecule has 0 heterocycles. The minimum Gasteiger partial charge on any atom is -0.370 e. The standard InChI is InChI=1S/C5H12N2O.ClH/c1-7(2)4-3-5(6)8;/h3-4H2,1-2H3,(H2,6,8);1H. The Labute approximate surface area is 61.6 Å². The molecule has 1 amide bonds. The van der Waals surface area contributed by atoms with Gasteiger partial charge in [-0.1, -0.05) is 0 Å². The molecule has 0 spiro atoms. The van der Waals surface area contributed by atoms with E-state index in [-0.39, 0.29) is 18.3 Å². The molecule has 2 N–H and O–H groups in total. The lowest BCUT2D eigenvalue weighted by atomic mass is 10.4. The molecule has 0 aliphatic rings. The summed E-state index contributed by atoms with van der Waals surface area (Å²) in [7, 11) is 3.81. The van der Waals surface area contributed by atoms with E-state index in [1.54, 1.807) is 0 Å². The number of nitrogens with two attached hydrogens (primary N) is 1. The van der Waals surface area contributed by atoms with Crippen LogP contribution in [0.4, 0.5) is 0 Å². The Balaban J connectivity index is 0. The maximum atomic E-state index is 10.1. The van der Waals surface area contributed by atoms with Gasteiger partial charge >= 0.3 is 0 Å². The molecular formula is C5H13ClN2O. The fourth-order valence-corrected chi connectivity index (χ4v) is 0.334. The maximum Gasteiger partial charge on any atom is 0.218 e. The highest BCUT2D eigenvalue weighted by atomic mass is 35.5. The molecule has 0 saturated carbocycles. The van der Waals surface area contributed by atoms with Crippen LogP contribution in [0.1, 0.15) is 6.42 Å². The molecule has 0 fully saturated rings. The highest BCUT2D eigenvalue weighted by Gasteiger charge is 1.93. The minimum absolute atomic E-state index is 0. The number of amides is 1.